The van der Waals surface area contributed by atoms with Gasteiger partial charge >= 0.3 is 6.09 Å². The van der Waals surface area contributed by atoms with Gasteiger partial charge in [0.05, 0.1) is 16.0 Å². The molecule has 49 heavy (non-hydrogen) atoms. The number of hydrogen-bond donors (Lipinski definition) is 3. The Morgan fingerprint density at radius 2 is 1.80 bits per heavy atom. The Kier molecular flexibility index (Phi) is 9.66. The number of nitrogens with one attached hydrogen (secondary N) is 3. The number of aromatic nitrogens is 1. The average Bonchev–Trinajstić information content (AvgIpc) is 3.82. The second kappa shape index (κ2) is 13.5. The zero-order chi connectivity index (χ0) is 35.1. The van der Waals surface area contributed by atoms with Crippen molar-refractivity contribution in [3.63, 3.8) is 0 Å². The summed E-state index contributed by atoms with van der Waals surface area (Å²) in [4.78, 5) is 61.5. The van der Waals surface area contributed by atoms with Gasteiger partial charge in [-0.25, -0.2) is 18.2 Å². The number of alkyl carbamates (subject to hydrolysis) is 1. The van der Waals surface area contributed by atoms with E-state index in [0.717, 1.165) is 41.9 Å². The van der Waals surface area contributed by atoms with Gasteiger partial charge in [-0.05, 0) is 56.8 Å². The number of carbonyl (C=O) groups is 4. The molecule has 4 aliphatic rings. The second-order valence-corrected chi connectivity index (χ2v) is 17.7. The molecule has 0 spiro atoms. The molecule has 4 amide bonds. The molecule has 264 valence electrons. The lowest BCUT2D eigenvalue weighted by Crippen LogP contribution is -2.60. The van der Waals surface area contributed by atoms with Crippen molar-refractivity contribution in [1.82, 2.24) is 25.2 Å². The van der Waals surface area contributed by atoms with Crippen molar-refractivity contribution in [2.24, 2.45) is 11.3 Å². The predicted octanol–water partition coefficient (Wildman–Crippen LogP) is 4.25. The lowest BCUT2D eigenvalue weighted by atomic mass is 9.85. The van der Waals surface area contributed by atoms with E-state index in [1.165, 1.54) is 22.3 Å². The summed E-state index contributed by atoms with van der Waals surface area (Å²) in [6, 6.07) is 7.67. The number of nitrogens with zero attached hydrogens (tertiary/aromatic N) is 2. The quantitative estimate of drug-likeness (QED) is 0.292. The zero-order valence-corrected chi connectivity index (χ0v) is 29.8. The first-order valence-corrected chi connectivity index (χ1v) is 19.4. The van der Waals surface area contributed by atoms with Crippen molar-refractivity contribution < 1.29 is 32.3 Å². The van der Waals surface area contributed by atoms with Crippen LogP contribution < -0.4 is 15.4 Å². The molecule has 1 unspecified atom stereocenters. The molecule has 14 heteroatoms. The average molecular weight is 712 g/mol. The lowest BCUT2D eigenvalue weighted by Gasteiger charge is -2.35. The lowest BCUT2D eigenvalue weighted by molar-refractivity contribution is -0.142. The van der Waals surface area contributed by atoms with E-state index in [1.807, 2.05) is 56.5 Å². The number of benzene rings is 1. The van der Waals surface area contributed by atoms with Crippen molar-refractivity contribution in [3.05, 3.63) is 53.4 Å². The van der Waals surface area contributed by atoms with Gasteiger partial charge in [0.15, 0.2) is 0 Å². The molecular weight excluding hydrogens is 667 g/mol. The monoisotopic (exact) mass is 711 g/mol. The van der Waals surface area contributed by atoms with E-state index in [4.69, 9.17) is 9.72 Å². The van der Waals surface area contributed by atoms with E-state index < -0.39 is 68.0 Å². The molecule has 3 saturated carbocycles. The Morgan fingerprint density at radius 3 is 2.41 bits per heavy atom. The normalized spacial score (nSPS) is 26.1. The van der Waals surface area contributed by atoms with Crippen LogP contribution in [0.2, 0.25) is 0 Å². The van der Waals surface area contributed by atoms with E-state index in [2.05, 4.69) is 21.9 Å². The number of likely N-dealkylation sites (tertiary alicyclic amines) is 1. The van der Waals surface area contributed by atoms with Crippen molar-refractivity contribution in [2.75, 3.05) is 6.54 Å². The van der Waals surface area contributed by atoms with Crippen LogP contribution in [-0.2, 0) is 29.1 Å². The van der Waals surface area contributed by atoms with E-state index in [0.29, 0.717) is 12.8 Å². The van der Waals surface area contributed by atoms with Crippen LogP contribution in [-0.4, -0.2) is 77.6 Å². The van der Waals surface area contributed by atoms with Crippen LogP contribution in [0.5, 0.6) is 0 Å². The summed E-state index contributed by atoms with van der Waals surface area (Å²) in [5.41, 5.74) is -0.507. The third kappa shape index (κ3) is 7.54. The second-order valence-electron chi connectivity index (χ2n) is 14.8. The molecule has 4 fully saturated rings. The molecule has 5 atom stereocenters. The van der Waals surface area contributed by atoms with Crippen LogP contribution in [0.25, 0.3) is 11.3 Å². The molecule has 0 bridgehead atoms. The maximum Gasteiger partial charge on any atom is 0.408 e. The van der Waals surface area contributed by atoms with Crippen LogP contribution in [0, 0.1) is 11.3 Å². The minimum absolute atomic E-state index is 0.157. The van der Waals surface area contributed by atoms with Crippen molar-refractivity contribution in [2.45, 2.75) is 107 Å². The minimum Gasteiger partial charge on any atom is -0.446 e. The molecule has 12 nitrogen and oxygen atoms in total. The molecule has 0 radical (unpaired) electrons. The zero-order valence-electron chi connectivity index (χ0n) is 28.1. The van der Waals surface area contributed by atoms with Gasteiger partial charge in [0.1, 0.15) is 23.7 Å². The fraction of sp³-hybridized carbons (Fsp3) is 0.571. The van der Waals surface area contributed by atoms with Crippen LogP contribution in [0.1, 0.15) is 83.1 Å². The highest BCUT2D eigenvalue weighted by Gasteiger charge is 2.62. The third-order valence-corrected chi connectivity index (χ3v) is 12.9. The Labute approximate surface area is 291 Å². The standard InChI is InChI=1S/C35H45N5O7S2/c1-5-23-18-35(23,32(43)39-49(45,46)25-15-16-25)38-29(41)27-17-22(30-36-26(20-48-30)21-11-7-6-8-12-21)19-40(27)31(42)28(34(2,3)4)37-33(44)47-24-13-9-10-14-24/h5-8,11-12,20,22-25,27-28H,1,9-10,13-19H2,2-4H3,(H,37,44)(H,38,41)(H,39,43)/t22-,23-,27+,28?,35-/m1/s1. The smallest absolute Gasteiger partial charge is 0.408 e. The van der Waals surface area contributed by atoms with Crippen molar-refractivity contribution in [1.29, 1.82) is 0 Å². The first-order chi connectivity index (χ1) is 23.2. The summed E-state index contributed by atoms with van der Waals surface area (Å²) < 4.78 is 33.1. The van der Waals surface area contributed by atoms with Crippen molar-refractivity contribution >= 4 is 45.2 Å². The predicted molar refractivity (Wildman–Crippen MR) is 185 cm³/mol. The Hall–Kier alpha value is -3.78. The molecule has 1 saturated heterocycles. The Balaban J connectivity index is 1.26. The molecule has 2 heterocycles. The van der Waals surface area contributed by atoms with Gasteiger partial charge in [-0.1, -0.05) is 57.2 Å². The van der Waals surface area contributed by atoms with Gasteiger partial charge in [-0.3, -0.25) is 19.1 Å². The number of carbonyl (C=O) groups excluding carboxylic acids is 4. The van der Waals surface area contributed by atoms with Crippen LogP contribution in [0.4, 0.5) is 4.79 Å². The van der Waals surface area contributed by atoms with Crippen LogP contribution >= 0.6 is 11.3 Å². The fourth-order valence-electron chi connectivity index (χ4n) is 6.87. The van der Waals surface area contributed by atoms with Gasteiger partial charge < -0.3 is 20.3 Å². The molecule has 6 rings (SSSR count). The highest BCUT2D eigenvalue weighted by molar-refractivity contribution is 7.91. The Bertz CT molecular complexity index is 1710. The van der Waals surface area contributed by atoms with Gasteiger partial charge in [0, 0.05) is 29.3 Å². The van der Waals surface area contributed by atoms with Crippen LogP contribution in [0.15, 0.2) is 48.4 Å². The van der Waals surface area contributed by atoms with Gasteiger partial charge in [0.2, 0.25) is 21.8 Å². The van der Waals surface area contributed by atoms with E-state index in [-0.39, 0.29) is 31.4 Å². The largest absolute Gasteiger partial charge is 0.446 e. The van der Waals surface area contributed by atoms with Crippen LogP contribution in [0.3, 0.4) is 0 Å². The van der Waals surface area contributed by atoms with E-state index >= 15 is 0 Å². The summed E-state index contributed by atoms with van der Waals surface area (Å²) in [5, 5.41) is 7.72. The number of ether oxygens (including phenoxy) is 1. The SMILES string of the molecule is C=C[C@@H]1C[C@]1(NC(=O)[C@@H]1C[C@@H](c2nc(-c3ccccc3)cs2)CN1C(=O)C(NC(=O)OC1CCCC1)C(C)(C)C)C(=O)NS(=O)(=O)C1CC1. The van der Waals surface area contributed by atoms with Gasteiger partial charge in [-0.2, -0.15) is 0 Å². The summed E-state index contributed by atoms with van der Waals surface area (Å²) in [6.07, 6.45) is 5.53. The first kappa shape index (κ1) is 35.1. The number of thiazole rings is 1. The van der Waals surface area contributed by atoms with Gasteiger partial charge in [0.25, 0.3) is 5.91 Å². The van der Waals surface area contributed by atoms with Crippen molar-refractivity contribution in [3.8, 4) is 11.3 Å². The molecule has 1 aliphatic heterocycles. The Morgan fingerprint density at radius 1 is 1.10 bits per heavy atom. The first-order valence-electron chi connectivity index (χ1n) is 17.0. The van der Waals surface area contributed by atoms with Gasteiger partial charge in [-0.15, -0.1) is 17.9 Å². The maximum atomic E-state index is 14.5. The minimum atomic E-state index is -3.86. The number of amides is 4. The highest BCUT2D eigenvalue weighted by Crippen LogP contribution is 2.46. The summed E-state index contributed by atoms with van der Waals surface area (Å²) in [5.74, 6) is -2.62. The summed E-state index contributed by atoms with van der Waals surface area (Å²) >= 11 is 1.45. The summed E-state index contributed by atoms with van der Waals surface area (Å²) in [7, 11) is -3.86. The highest BCUT2D eigenvalue weighted by atomic mass is 32.2. The molecular formula is C35H45N5O7S2. The fourth-order valence-corrected chi connectivity index (χ4v) is 9.17. The maximum absolute atomic E-state index is 14.5. The number of sulfonamides is 1. The molecule has 1 aromatic heterocycles. The molecule has 2 aromatic rings. The molecule has 1 aromatic carbocycles. The number of hydrogen-bond acceptors (Lipinski definition) is 9. The number of rotatable bonds is 11. The summed E-state index contributed by atoms with van der Waals surface area (Å²) in [6.45, 7) is 9.44. The topological polar surface area (TPSA) is 164 Å². The van der Waals surface area contributed by atoms with E-state index in [9.17, 15) is 27.6 Å². The molecule has 3 N–H and O–H groups in total. The molecule has 3 aliphatic carbocycles. The third-order valence-electron chi connectivity index (χ3n) is 10.0. The van der Waals surface area contributed by atoms with E-state index in [1.54, 1.807) is 0 Å².